The van der Waals surface area contributed by atoms with Crippen molar-refractivity contribution in [2.45, 2.75) is 26.8 Å². The average molecular weight is 412 g/mol. The Morgan fingerprint density at radius 2 is 1.78 bits per heavy atom. The first-order valence-electron chi connectivity index (χ1n) is 8.65. The van der Waals surface area contributed by atoms with E-state index in [9.17, 15) is 13.2 Å². The molecule has 0 saturated heterocycles. The second-order valence-corrected chi connectivity index (χ2v) is 7.74. The van der Waals surface area contributed by atoms with Gasteiger partial charge in [-0.05, 0) is 42.8 Å². The van der Waals surface area contributed by atoms with Gasteiger partial charge in [-0.1, -0.05) is 38.1 Å². The van der Waals surface area contributed by atoms with Gasteiger partial charge >= 0.3 is 0 Å². The number of para-hydroxylation sites is 1. The van der Waals surface area contributed by atoms with Gasteiger partial charge in [0.25, 0.3) is 5.91 Å². The van der Waals surface area contributed by atoms with Crippen LogP contribution in [0.15, 0.2) is 48.5 Å². The lowest BCUT2D eigenvalue weighted by atomic mass is 10.1. The summed E-state index contributed by atoms with van der Waals surface area (Å²) in [4.78, 5) is 12.6. The van der Waals surface area contributed by atoms with Crippen LogP contribution in [0.25, 0.3) is 0 Å². The lowest BCUT2D eigenvalue weighted by molar-refractivity contribution is 0.102. The standard InChI is InChI=1S/C19H25N3O3S.ClH/c1-3-12-26(24,25)22-17-10-7-9-15(13-17)19(23)21-18-11-6-5-8-16(18)14-20-4-2;/h5-11,13,20,22H,3-4,12,14H2,1-2H3,(H,21,23);1H. The van der Waals surface area contributed by atoms with Gasteiger partial charge in [0.1, 0.15) is 0 Å². The topological polar surface area (TPSA) is 87.3 Å². The fourth-order valence-corrected chi connectivity index (χ4v) is 3.60. The van der Waals surface area contributed by atoms with E-state index in [-0.39, 0.29) is 24.1 Å². The second-order valence-electron chi connectivity index (χ2n) is 5.89. The van der Waals surface area contributed by atoms with Crippen molar-refractivity contribution < 1.29 is 13.2 Å². The predicted molar refractivity (Wildman–Crippen MR) is 113 cm³/mol. The molecule has 27 heavy (non-hydrogen) atoms. The molecule has 2 aromatic carbocycles. The lowest BCUT2D eigenvalue weighted by Crippen LogP contribution is -2.18. The van der Waals surface area contributed by atoms with Crippen LogP contribution in [-0.2, 0) is 16.6 Å². The Morgan fingerprint density at radius 1 is 1.04 bits per heavy atom. The zero-order valence-electron chi connectivity index (χ0n) is 15.5. The normalized spacial score (nSPS) is 10.7. The zero-order valence-corrected chi connectivity index (χ0v) is 17.1. The molecule has 0 aromatic heterocycles. The Bertz CT molecular complexity index is 857. The van der Waals surface area contributed by atoms with Gasteiger partial charge in [-0.2, -0.15) is 0 Å². The molecule has 148 valence electrons. The number of amides is 1. The molecule has 0 spiro atoms. The third-order valence-electron chi connectivity index (χ3n) is 3.70. The zero-order chi connectivity index (χ0) is 19.0. The van der Waals surface area contributed by atoms with Gasteiger partial charge in [-0.3, -0.25) is 9.52 Å². The third-order valence-corrected chi connectivity index (χ3v) is 5.19. The number of hydrogen-bond acceptors (Lipinski definition) is 4. The molecular formula is C19H26ClN3O3S. The SMILES string of the molecule is CCCS(=O)(=O)Nc1cccc(C(=O)Nc2ccccc2CNCC)c1.Cl. The first-order valence-corrected chi connectivity index (χ1v) is 10.3. The quantitative estimate of drug-likeness (QED) is 0.588. The van der Waals surface area contributed by atoms with Crippen LogP contribution >= 0.6 is 12.4 Å². The molecule has 2 rings (SSSR count). The van der Waals surface area contributed by atoms with Crippen LogP contribution in [0.1, 0.15) is 36.2 Å². The maximum atomic E-state index is 12.6. The molecule has 1 amide bonds. The van der Waals surface area contributed by atoms with E-state index < -0.39 is 10.0 Å². The summed E-state index contributed by atoms with van der Waals surface area (Å²) in [6.07, 6.45) is 0.526. The van der Waals surface area contributed by atoms with Gasteiger partial charge in [0.05, 0.1) is 5.75 Å². The minimum Gasteiger partial charge on any atom is -0.322 e. The lowest BCUT2D eigenvalue weighted by Gasteiger charge is -2.12. The van der Waals surface area contributed by atoms with Crippen molar-refractivity contribution in [3.8, 4) is 0 Å². The number of nitrogens with one attached hydrogen (secondary N) is 3. The summed E-state index contributed by atoms with van der Waals surface area (Å²) >= 11 is 0. The number of hydrogen-bond donors (Lipinski definition) is 3. The van der Waals surface area contributed by atoms with E-state index in [0.29, 0.717) is 24.2 Å². The number of carbonyl (C=O) groups is 1. The minimum atomic E-state index is -3.39. The van der Waals surface area contributed by atoms with E-state index in [0.717, 1.165) is 17.8 Å². The number of carbonyl (C=O) groups excluding carboxylic acids is 1. The van der Waals surface area contributed by atoms with E-state index in [1.807, 2.05) is 31.2 Å². The highest BCUT2D eigenvalue weighted by molar-refractivity contribution is 7.92. The second kappa shape index (κ2) is 10.9. The number of sulfonamides is 1. The van der Waals surface area contributed by atoms with Crippen molar-refractivity contribution in [2.24, 2.45) is 0 Å². The molecule has 0 aliphatic heterocycles. The summed E-state index contributed by atoms with van der Waals surface area (Å²) in [6, 6.07) is 14.1. The van der Waals surface area contributed by atoms with E-state index in [2.05, 4.69) is 15.4 Å². The molecule has 0 aliphatic carbocycles. The first kappa shape index (κ1) is 23.0. The van der Waals surface area contributed by atoms with Crippen LogP contribution in [0.3, 0.4) is 0 Å². The summed E-state index contributed by atoms with van der Waals surface area (Å²) < 4.78 is 26.3. The van der Waals surface area contributed by atoms with Gasteiger partial charge in [0.2, 0.25) is 10.0 Å². The minimum absolute atomic E-state index is 0. The number of anilines is 2. The maximum Gasteiger partial charge on any atom is 0.255 e. The van der Waals surface area contributed by atoms with E-state index in [1.54, 1.807) is 25.1 Å². The summed E-state index contributed by atoms with van der Waals surface area (Å²) in [5.41, 5.74) is 2.49. The van der Waals surface area contributed by atoms with Crippen LogP contribution in [0.2, 0.25) is 0 Å². The van der Waals surface area contributed by atoms with E-state index in [1.165, 1.54) is 6.07 Å². The molecule has 0 aliphatic rings. The monoisotopic (exact) mass is 411 g/mol. The molecule has 6 nitrogen and oxygen atoms in total. The summed E-state index contributed by atoms with van der Waals surface area (Å²) in [5.74, 6) is -0.244. The van der Waals surface area contributed by atoms with Crippen molar-refractivity contribution in [3.05, 3.63) is 59.7 Å². The van der Waals surface area contributed by atoms with E-state index in [4.69, 9.17) is 0 Å². The van der Waals surface area contributed by atoms with E-state index >= 15 is 0 Å². The highest BCUT2D eigenvalue weighted by atomic mass is 35.5. The van der Waals surface area contributed by atoms with Crippen LogP contribution in [-0.4, -0.2) is 26.6 Å². The molecule has 8 heteroatoms. The summed E-state index contributed by atoms with van der Waals surface area (Å²) in [5, 5.41) is 6.13. The summed E-state index contributed by atoms with van der Waals surface area (Å²) in [6.45, 7) is 5.31. The largest absolute Gasteiger partial charge is 0.322 e. The van der Waals surface area contributed by atoms with Gasteiger partial charge in [-0.15, -0.1) is 12.4 Å². The maximum absolute atomic E-state index is 12.6. The first-order chi connectivity index (χ1) is 12.4. The molecule has 0 saturated carbocycles. The third kappa shape index (κ3) is 7.21. The Labute approximate surface area is 167 Å². The molecule has 3 N–H and O–H groups in total. The van der Waals surface area contributed by atoms with Crippen LogP contribution in [0.4, 0.5) is 11.4 Å². The number of rotatable bonds is 9. The molecular weight excluding hydrogens is 386 g/mol. The number of benzene rings is 2. The Kier molecular flexibility index (Phi) is 9.28. The highest BCUT2D eigenvalue weighted by Crippen LogP contribution is 2.18. The Balaban J connectivity index is 0.00000364. The Morgan fingerprint density at radius 3 is 2.48 bits per heavy atom. The van der Waals surface area contributed by atoms with Gasteiger partial charge < -0.3 is 10.6 Å². The summed E-state index contributed by atoms with van der Waals surface area (Å²) in [7, 11) is -3.39. The Hall–Kier alpha value is -2.09. The van der Waals surface area contributed by atoms with Crippen molar-refractivity contribution >= 4 is 39.7 Å². The molecule has 0 radical (unpaired) electrons. The van der Waals surface area contributed by atoms with Gasteiger partial charge in [0, 0.05) is 23.5 Å². The van der Waals surface area contributed by atoms with Crippen LogP contribution in [0, 0.1) is 0 Å². The fraction of sp³-hybridized carbons (Fsp3) is 0.316. The molecule has 2 aromatic rings. The van der Waals surface area contributed by atoms with Gasteiger partial charge in [-0.25, -0.2) is 8.42 Å². The highest BCUT2D eigenvalue weighted by Gasteiger charge is 2.12. The molecule has 0 heterocycles. The number of halogens is 1. The fourth-order valence-electron chi connectivity index (χ4n) is 2.47. The van der Waals surface area contributed by atoms with Crippen molar-refractivity contribution in [1.82, 2.24) is 5.32 Å². The van der Waals surface area contributed by atoms with Crippen LogP contribution in [0.5, 0.6) is 0 Å². The molecule has 0 fully saturated rings. The van der Waals surface area contributed by atoms with Crippen molar-refractivity contribution in [2.75, 3.05) is 22.3 Å². The van der Waals surface area contributed by atoms with Crippen LogP contribution < -0.4 is 15.4 Å². The molecule has 0 bridgehead atoms. The van der Waals surface area contributed by atoms with Crippen molar-refractivity contribution in [3.63, 3.8) is 0 Å². The van der Waals surface area contributed by atoms with Gasteiger partial charge in [0.15, 0.2) is 0 Å². The predicted octanol–water partition coefficient (Wildman–Crippen LogP) is 3.62. The van der Waals surface area contributed by atoms with Crippen molar-refractivity contribution in [1.29, 1.82) is 0 Å². The average Bonchev–Trinajstić information content (AvgIpc) is 2.60. The smallest absolute Gasteiger partial charge is 0.255 e. The molecule has 0 unspecified atom stereocenters. The molecule has 0 atom stereocenters.